The van der Waals surface area contributed by atoms with Crippen LogP contribution in [0.1, 0.15) is 11.1 Å². The van der Waals surface area contributed by atoms with Crippen molar-refractivity contribution in [3.63, 3.8) is 0 Å². The molecule has 0 bridgehead atoms. The second-order valence-electron chi connectivity index (χ2n) is 6.33. The Morgan fingerprint density at radius 2 is 1.50 bits per heavy atom. The molecule has 1 amide bonds. The van der Waals surface area contributed by atoms with Crippen LogP contribution >= 0.6 is 0 Å². The van der Waals surface area contributed by atoms with Crippen LogP contribution in [0.4, 0.5) is 0 Å². The van der Waals surface area contributed by atoms with Crippen molar-refractivity contribution in [1.29, 1.82) is 0 Å². The van der Waals surface area contributed by atoms with Gasteiger partial charge in [-0.25, -0.2) is 4.79 Å². The number of carbonyl (C=O) groups excluding carboxylic acids is 2. The number of nitrogens with one attached hydrogen (secondary N) is 1. The van der Waals surface area contributed by atoms with Gasteiger partial charge in [0.25, 0.3) is 0 Å². The van der Waals surface area contributed by atoms with Gasteiger partial charge in [0.05, 0.1) is 6.04 Å². The van der Waals surface area contributed by atoms with Crippen molar-refractivity contribution in [3.8, 4) is 11.5 Å². The van der Waals surface area contributed by atoms with Gasteiger partial charge >= 0.3 is 5.97 Å². The Bertz CT molecular complexity index is 803. The van der Waals surface area contributed by atoms with Crippen LogP contribution in [0.5, 0.6) is 11.5 Å². The molecule has 0 spiro atoms. The number of carbonyl (C=O) groups is 2. The monoisotopic (exact) mass is 384 g/mol. The van der Waals surface area contributed by atoms with E-state index < -0.39 is 24.0 Å². The van der Waals surface area contributed by atoms with Gasteiger partial charge in [-0.3, -0.25) is 4.79 Å². The first-order chi connectivity index (χ1) is 13.4. The zero-order valence-corrected chi connectivity index (χ0v) is 15.4. The number of phenols is 2. The fraction of sp³-hybridized carbons (Fsp3) is 0.238. The number of phenolic OH excluding ortho intramolecular Hbond substituents is 2. The highest BCUT2D eigenvalue weighted by molar-refractivity contribution is 5.87. The average Bonchev–Trinajstić information content (AvgIpc) is 2.68. The first-order valence-electron chi connectivity index (χ1n) is 8.78. The molecule has 2 aromatic rings. The number of aromatic hydroxyl groups is 2. The molecular formula is C21H24N2O5. The zero-order valence-electron chi connectivity index (χ0n) is 15.4. The van der Waals surface area contributed by atoms with Crippen LogP contribution in [0.2, 0.25) is 0 Å². The summed E-state index contributed by atoms with van der Waals surface area (Å²) in [4.78, 5) is 24.8. The van der Waals surface area contributed by atoms with E-state index in [4.69, 9.17) is 10.5 Å². The minimum Gasteiger partial charge on any atom is -0.508 e. The van der Waals surface area contributed by atoms with Crippen LogP contribution in [0, 0.1) is 0 Å². The molecule has 0 radical (unpaired) electrons. The second-order valence-corrected chi connectivity index (χ2v) is 6.33. The fourth-order valence-electron chi connectivity index (χ4n) is 2.56. The zero-order chi connectivity index (χ0) is 20.5. The summed E-state index contributed by atoms with van der Waals surface area (Å²) in [5.41, 5.74) is 7.50. The average molecular weight is 384 g/mol. The molecule has 148 valence electrons. The normalized spacial score (nSPS) is 12.6. The molecule has 2 atom stereocenters. The van der Waals surface area contributed by atoms with E-state index in [0.29, 0.717) is 0 Å². The van der Waals surface area contributed by atoms with E-state index in [1.165, 1.54) is 30.3 Å². The number of esters is 1. The first-order valence-corrected chi connectivity index (χ1v) is 8.78. The summed E-state index contributed by atoms with van der Waals surface area (Å²) in [5.74, 6) is -0.860. The van der Waals surface area contributed by atoms with Gasteiger partial charge in [-0.1, -0.05) is 36.9 Å². The number of benzene rings is 2. The van der Waals surface area contributed by atoms with Gasteiger partial charge in [0, 0.05) is 6.42 Å². The lowest BCUT2D eigenvalue weighted by molar-refractivity contribution is -0.146. The van der Waals surface area contributed by atoms with E-state index in [2.05, 4.69) is 11.9 Å². The van der Waals surface area contributed by atoms with Crippen LogP contribution in [0.15, 0.2) is 61.2 Å². The summed E-state index contributed by atoms with van der Waals surface area (Å²) >= 11 is 0. The molecule has 7 heteroatoms. The number of ether oxygens (including phenoxy) is 1. The molecule has 0 aromatic heterocycles. The van der Waals surface area contributed by atoms with E-state index in [-0.39, 0.29) is 30.9 Å². The van der Waals surface area contributed by atoms with Gasteiger partial charge in [0.15, 0.2) is 0 Å². The predicted octanol–water partition coefficient (Wildman–Crippen LogP) is 1.42. The largest absolute Gasteiger partial charge is 0.508 e. The van der Waals surface area contributed by atoms with Gasteiger partial charge in [-0.05, 0) is 41.8 Å². The molecule has 0 aliphatic heterocycles. The number of hydrogen-bond acceptors (Lipinski definition) is 6. The third-order valence-corrected chi connectivity index (χ3v) is 4.05. The molecule has 7 nitrogen and oxygen atoms in total. The van der Waals surface area contributed by atoms with Crippen molar-refractivity contribution in [2.45, 2.75) is 24.9 Å². The topological polar surface area (TPSA) is 122 Å². The van der Waals surface area contributed by atoms with Gasteiger partial charge in [-0.2, -0.15) is 0 Å². The first kappa shape index (κ1) is 21.0. The summed E-state index contributed by atoms with van der Waals surface area (Å²) < 4.78 is 5.07. The molecular weight excluding hydrogens is 360 g/mol. The minimum atomic E-state index is -0.928. The number of amides is 1. The highest BCUT2D eigenvalue weighted by Crippen LogP contribution is 2.13. The van der Waals surface area contributed by atoms with E-state index in [1.54, 1.807) is 24.3 Å². The molecule has 0 aliphatic carbocycles. The Kier molecular flexibility index (Phi) is 7.59. The standard InChI is InChI=1S/C21H24N2O5/c1-2-11-28-21(27)19(13-15-5-9-17(25)10-6-15)23-20(26)18(22)12-14-3-7-16(24)8-4-14/h2-10,18-19,24-25H,1,11-13,22H2,(H,23,26)/t18-,19-/m0/s1. The van der Waals surface area contributed by atoms with Crippen LogP contribution in [-0.4, -0.2) is 40.8 Å². The maximum absolute atomic E-state index is 12.5. The Balaban J connectivity index is 2.05. The Labute approximate surface area is 163 Å². The molecule has 0 unspecified atom stereocenters. The molecule has 2 aromatic carbocycles. The van der Waals surface area contributed by atoms with E-state index in [0.717, 1.165) is 11.1 Å². The third kappa shape index (κ3) is 6.44. The summed E-state index contributed by atoms with van der Waals surface area (Å²) in [6, 6.07) is 10.9. The second kappa shape index (κ2) is 10.1. The SMILES string of the molecule is C=CCOC(=O)[C@H](Cc1ccc(O)cc1)NC(=O)[C@@H](N)Cc1ccc(O)cc1. The van der Waals surface area contributed by atoms with E-state index in [9.17, 15) is 19.8 Å². The van der Waals surface area contributed by atoms with Crippen molar-refractivity contribution < 1.29 is 24.5 Å². The highest BCUT2D eigenvalue weighted by Gasteiger charge is 2.25. The van der Waals surface area contributed by atoms with Crippen molar-refractivity contribution >= 4 is 11.9 Å². The summed E-state index contributed by atoms with van der Waals surface area (Å²) in [6.07, 6.45) is 1.88. The molecule has 2 rings (SSSR count). The molecule has 5 N–H and O–H groups in total. The van der Waals surface area contributed by atoms with Crippen molar-refractivity contribution in [2.75, 3.05) is 6.61 Å². The summed E-state index contributed by atoms with van der Waals surface area (Å²) in [5, 5.41) is 21.3. The number of nitrogens with two attached hydrogens (primary N) is 1. The van der Waals surface area contributed by atoms with E-state index in [1.807, 2.05) is 0 Å². The van der Waals surface area contributed by atoms with Crippen LogP contribution in [0.25, 0.3) is 0 Å². The Morgan fingerprint density at radius 1 is 1.00 bits per heavy atom. The van der Waals surface area contributed by atoms with Crippen molar-refractivity contribution in [3.05, 3.63) is 72.3 Å². The third-order valence-electron chi connectivity index (χ3n) is 4.05. The van der Waals surface area contributed by atoms with Gasteiger partial charge in [-0.15, -0.1) is 0 Å². The quantitative estimate of drug-likeness (QED) is 0.383. The number of rotatable bonds is 9. The summed E-state index contributed by atoms with van der Waals surface area (Å²) in [7, 11) is 0. The van der Waals surface area contributed by atoms with Crippen LogP contribution < -0.4 is 11.1 Å². The fourth-order valence-corrected chi connectivity index (χ4v) is 2.56. The predicted molar refractivity (Wildman–Crippen MR) is 105 cm³/mol. The lowest BCUT2D eigenvalue weighted by atomic mass is 10.0. The molecule has 0 aliphatic rings. The maximum Gasteiger partial charge on any atom is 0.329 e. The van der Waals surface area contributed by atoms with Gasteiger partial charge < -0.3 is 26.0 Å². The maximum atomic E-state index is 12.5. The molecule has 0 heterocycles. The van der Waals surface area contributed by atoms with E-state index >= 15 is 0 Å². The minimum absolute atomic E-state index is 0.0281. The number of hydrogen-bond donors (Lipinski definition) is 4. The van der Waals surface area contributed by atoms with Gasteiger partial charge in [0.2, 0.25) is 5.91 Å². The molecule has 0 saturated heterocycles. The molecule has 0 fully saturated rings. The Hall–Kier alpha value is -3.32. The molecule has 0 saturated carbocycles. The van der Waals surface area contributed by atoms with Crippen molar-refractivity contribution in [2.24, 2.45) is 5.73 Å². The van der Waals surface area contributed by atoms with Crippen LogP contribution in [0.3, 0.4) is 0 Å². The lowest BCUT2D eigenvalue weighted by Crippen LogP contribution is -2.50. The molecule has 28 heavy (non-hydrogen) atoms. The highest BCUT2D eigenvalue weighted by atomic mass is 16.5. The summed E-state index contributed by atoms with van der Waals surface area (Å²) in [6.45, 7) is 3.53. The van der Waals surface area contributed by atoms with Crippen LogP contribution in [-0.2, 0) is 27.2 Å². The smallest absolute Gasteiger partial charge is 0.329 e. The Morgan fingerprint density at radius 3 is 2.00 bits per heavy atom. The van der Waals surface area contributed by atoms with Crippen molar-refractivity contribution in [1.82, 2.24) is 5.32 Å². The van der Waals surface area contributed by atoms with Gasteiger partial charge in [0.1, 0.15) is 24.1 Å². The lowest BCUT2D eigenvalue weighted by Gasteiger charge is -2.20.